The highest BCUT2D eigenvalue weighted by Gasteiger charge is 2.48. The fraction of sp³-hybridized carbons (Fsp3) is 0.682. The van der Waals surface area contributed by atoms with Gasteiger partial charge in [-0.1, -0.05) is 0 Å². The molecule has 0 heterocycles. The lowest BCUT2D eigenvalue weighted by Crippen LogP contribution is -2.49. The van der Waals surface area contributed by atoms with Crippen molar-refractivity contribution in [1.82, 2.24) is 4.72 Å². The predicted molar refractivity (Wildman–Crippen MR) is 106 cm³/mol. The summed E-state index contributed by atoms with van der Waals surface area (Å²) in [6.07, 6.45) is 9.64. The Morgan fingerprint density at radius 2 is 1.72 bits per heavy atom. The molecule has 1 aromatic carbocycles. The molecule has 1 amide bonds. The highest BCUT2D eigenvalue weighted by atomic mass is 32.2. The normalized spacial score (nSPS) is 33.1. The zero-order chi connectivity index (χ0) is 20.3. The van der Waals surface area contributed by atoms with E-state index in [0.29, 0.717) is 24.4 Å². The Hall–Kier alpha value is -1.47. The van der Waals surface area contributed by atoms with Gasteiger partial charge in [0.2, 0.25) is 10.0 Å². The van der Waals surface area contributed by atoms with Crippen molar-refractivity contribution in [3.63, 3.8) is 0 Å². The average Bonchev–Trinajstić information content (AvgIpc) is 3.44. The van der Waals surface area contributed by atoms with E-state index in [4.69, 9.17) is 4.74 Å². The quantitative estimate of drug-likeness (QED) is 0.760. The Morgan fingerprint density at radius 1 is 1.10 bits per heavy atom. The Labute approximate surface area is 171 Å². The maximum atomic E-state index is 14.7. The Morgan fingerprint density at radius 3 is 2.28 bits per heavy atom. The van der Waals surface area contributed by atoms with Crippen molar-refractivity contribution in [2.75, 3.05) is 6.26 Å². The minimum atomic E-state index is -3.74. The van der Waals surface area contributed by atoms with Gasteiger partial charge < -0.3 is 4.74 Å². The standard InChI is InChI=1S/C22H28FNO4S/c1-29(26,27)24-22(25)19-10-18(14-2-3-14)17(9-20(19)23)11-28-21-15-5-12-4-13(7-15)8-16(21)6-12/h9-10,12-16,21H,2-8,11H2,1H3,(H,24,25). The molecule has 5 aliphatic carbocycles. The summed E-state index contributed by atoms with van der Waals surface area (Å²) >= 11 is 0. The fourth-order valence-electron chi connectivity index (χ4n) is 6.26. The SMILES string of the molecule is CS(=O)(=O)NC(=O)c1cc(C2CC2)c(COC2C3CC4CC(C3)CC2C4)cc1F. The molecule has 1 N–H and O–H groups in total. The number of nitrogens with one attached hydrogen (secondary N) is 1. The van der Waals surface area contributed by atoms with E-state index in [9.17, 15) is 17.6 Å². The van der Waals surface area contributed by atoms with Gasteiger partial charge >= 0.3 is 0 Å². The van der Waals surface area contributed by atoms with E-state index >= 15 is 0 Å². The molecule has 4 bridgehead atoms. The zero-order valence-electron chi connectivity index (χ0n) is 16.7. The lowest BCUT2D eigenvalue weighted by molar-refractivity contribution is -0.132. The third-order valence-corrected chi connectivity index (χ3v) is 7.90. The molecule has 7 heteroatoms. The van der Waals surface area contributed by atoms with Gasteiger partial charge in [0.25, 0.3) is 5.91 Å². The van der Waals surface area contributed by atoms with Crippen molar-refractivity contribution in [2.24, 2.45) is 23.7 Å². The van der Waals surface area contributed by atoms with E-state index in [0.717, 1.165) is 42.1 Å². The molecule has 158 valence electrons. The lowest BCUT2D eigenvalue weighted by atomic mass is 9.55. The van der Waals surface area contributed by atoms with Crippen molar-refractivity contribution in [3.8, 4) is 0 Å². The number of halogens is 1. The monoisotopic (exact) mass is 421 g/mol. The molecule has 0 spiro atoms. The van der Waals surface area contributed by atoms with E-state index in [-0.39, 0.29) is 11.7 Å². The Bertz CT molecular complexity index is 912. The van der Waals surface area contributed by atoms with Gasteiger partial charge in [-0.3, -0.25) is 4.79 Å². The number of hydrogen-bond donors (Lipinski definition) is 1. The highest BCUT2D eigenvalue weighted by Crippen LogP contribution is 2.55. The minimum Gasteiger partial charge on any atom is -0.373 e. The van der Waals surface area contributed by atoms with Crippen LogP contribution >= 0.6 is 0 Å². The number of amides is 1. The molecule has 0 radical (unpaired) electrons. The van der Waals surface area contributed by atoms with Crippen LogP contribution in [0.5, 0.6) is 0 Å². The topological polar surface area (TPSA) is 72.5 Å². The maximum absolute atomic E-state index is 14.7. The number of carbonyl (C=O) groups excluding carboxylic acids is 1. The van der Waals surface area contributed by atoms with Crippen LogP contribution in [0.4, 0.5) is 4.39 Å². The predicted octanol–water partition coefficient (Wildman–Crippen LogP) is 3.73. The molecule has 1 aromatic rings. The maximum Gasteiger partial charge on any atom is 0.267 e. The number of benzene rings is 1. The molecule has 0 aliphatic heterocycles. The summed E-state index contributed by atoms with van der Waals surface area (Å²) in [5.74, 6) is 1.73. The van der Waals surface area contributed by atoms with Crippen LogP contribution in [0, 0.1) is 29.5 Å². The number of hydrogen-bond acceptors (Lipinski definition) is 4. The van der Waals surface area contributed by atoms with E-state index in [1.165, 1.54) is 44.2 Å². The van der Waals surface area contributed by atoms with Gasteiger partial charge in [-0.15, -0.1) is 0 Å². The number of rotatable bonds is 6. The van der Waals surface area contributed by atoms with Crippen LogP contribution in [0.2, 0.25) is 0 Å². The van der Waals surface area contributed by atoms with Crippen LogP contribution in [-0.4, -0.2) is 26.7 Å². The van der Waals surface area contributed by atoms with Gasteiger partial charge in [0.1, 0.15) is 5.82 Å². The Balaban J connectivity index is 1.35. The van der Waals surface area contributed by atoms with Gasteiger partial charge in [0, 0.05) is 0 Å². The second-order valence-corrected chi connectivity index (χ2v) is 11.5. The summed E-state index contributed by atoms with van der Waals surface area (Å²) in [4.78, 5) is 12.2. The molecule has 6 rings (SSSR count). The van der Waals surface area contributed by atoms with Gasteiger partial charge in [-0.2, -0.15) is 0 Å². The molecule has 0 saturated heterocycles. The lowest BCUT2D eigenvalue weighted by Gasteiger charge is -2.54. The molecule has 0 aromatic heterocycles. The molecule has 0 atom stereocenters. The first-order chi connectivity index (χ1) is 13.8. The van der Waals surface area contributed by atoms with Crippen LogP contribution in [0.25, 0.3) is 0 Å². The van der Waals surface area contributed by atoms with E-state index in [1.807, 2.05) is 4.72 Å². The molecule has 5 fully saturated rings. The molecule has 5 nitrogen and oxygen atoms in total. The second kappa shape index (κ2) is 7.05. The Kier molecular flexibility index (Phi) is 4.74. The molecule has 5 saturated carbocycles. The third-order valence-electron chi connectivity index (χ3n) is 7.34. The molecule has 5 aliphatic rings. The van der Waals surface area contributed by atoms with Crippen molar-refractivity contribution < 1.29 is 22.3 Å². The first-order valence-corrected chi connectivity index (χ1v) is 12.6. The van der Waals surface area contributed by atoms with E-state index < -0.39 is 21.7 Å². The average molecular weight is 422 g/mol. The van der Waals surface area contributed by atoms with Crippen LogP contribution in [-0.2, 0) is 21.4 Å². The summed E-state index contributed by atoms with van der Waals surface area (Å²) in [7, 11) is -3.74. The van der Waals surface area contributed by atoms with E-state index in [2.05, 4.69) is 0 Å². The van der Waals surface area contributed by atoms with Crippen LogP contribution in [0.1, 0.15) is 72.3 Å². The number of sulfonamides is 1. The van der Waals surface area contributed by atoms with Crippen molar-refractivity contribution in [1.29, 1.82) is 0 Å². The summed E-state index contributed by atoms with van der Waals surface area (Å²) in [5, 5.41) is 0. The summed E-state index contributed by atoms with van der Waals surface area (Å²) in [6, 6.07) is 2.91. The van der Waals surface area contributed by atoms with Gasteiger partial charge in [0.05, 0.1) is 24.5 Å². The summed E-state index contributed by atoms with van der Waals surface area (Å²) < 4.78 is 45.6. The summed E-state index contributed by atoms with van der Waals surface area (Å²) in [5.41, 5.74) is 1.51. The van der Waals surface area contributed by atoms with Crippen molar-refractivity contribution in [2.45, 2.75) is 63.6 Å². The molecule has 0 unspecified atom stereocenters. The fourth-order valence-corrected chi connectivity index (χ4v) is 6.71. The summed E-state index contributed by atoms with van der Waals surface area (Å²) in [6.45, 7) is 0.365. The third kappa shape index (κ3) is 3.96. The van der Waals surface area contributed by atoms with Crippen molar-refractivity contribution >= 4 is 15.9 Å². The van der Waals surface area contributed by atoms with Crippen LogP contribution in [0.15, 0.2) is 12.1 Å². The van der Waals surface area contributed by atoms with E-state index in [1.54, 1.807) is 0 Å². The molecule has 29 heavy (non-hydrogen) atoms. The van der Waals surface area contributed by atoms with Crippen LogP contribution < -0.4 is 4.72 Å². The van der Waals surface area contributed by atoms with Crippen LogP contribution in [0.3, 0.4) is 0 Å². The minimum absolute atomic E-state index is 0.212. The zero-order valence-corrected chi connectivity index (χ0v) is 17.5. The van der Waals surface area contributed by atoms with Gasteiger partial charge in [-0.05, 0) is 97.8 Å². The number of carbonyl (C=O) groups is 1. The highest BCUT2D eigenvalue weighted by molar-refractivity contribution is 7.89. The number of ether oxygens (including phenoxy) is 1. The first-order valence-electron chi connectivity index (χ1n) is 10.7. The smallest absolute Gasteiger partial charge is 0.267 e. The van der Waals surface area contributed by atoms with Gasteiger partial charge in [-0.25, -0.2) is 17.5 Å². The molecular formula is C22H28FNO4S. The second-order valence-electron chi connectivity index (χ2n) is 9.71. The largest absolute Gasteiger partial charge is 0.373 e. The first kappa shape index (κ1) is 19.5. The van der Waals surface area contributed by atoms with Crippen molar-refractivity contribution in [3.05, 3.63) is 34.6 Å². The van der Waals surface area contributed by atoms with Gasteiger partial charge in [0.15, 0.2) is 0 Å². The molecular weight excluding hydrogens is 393 g/mol.